The summed E-state index contributed by atoms with van der Waals surface area (Å²) < 4.78 is 0. The predicted octanol–water partition coefficient (Wildman–Crippen LogP) is 2.04. The molecule has 3 heterocycles. The zero-order valence-electron chi connectivity index (χ0n) is 17.0. The summed E-state index contributed by atoms with van der Waals surface area (Å²) in [4.78, 5) is 17.3. The average molecular weight is 396 g/mol. The van der Waals surface area contributed by atoms with Crippen LogP contribution in [0.4, 0.5) is 5.82 Å². The van der Waals surface area contributed by atoms with Gasteiger partial charge in [0.2, 0.25) is 0 Å². The molecule has 8 nitrogen and oxygen atoms in total. The highest BCUT2D eigenvalue weighted by atomic mass is 16.3. The van der Waals surface area contributed by atoms with E-state index in [1.54, 1.807) is 12.1 Å². The highest BCUT2D eigenvalue weighted by molar-refractivity contribution is 5.86. The third-order valence-corrected chi connectivity index (χ3v) is 5.01. The van der Waals surface area contributed by atoms with Crippen LogP contribution in [0.15, 0.2) is 48.4 Å². The number of piperazine rings is 1. The number of phenols is 1. The van der Waals surface area contributed by atoms with Crippen LogP contribution in [0.2, 0.25) is 0 Å². The third-order valence-electron chi connectivity index (χ3n) is 5.01. The molecule has 1 saturated heterocycles. The van der Waals surface area contributed by atoms with E-state index in [1.165, 1.54) is 0 Å². The molecule has 0 aliphatic carbocycles. The lowest BCUT2D eigenvalue weighted by Crippen LogP contribution is -2.60. The minimum Gasteiger partial charge on any atom is -0.508 e. The number of allylic oxidation sites excluding steroid dienone is 1. The minimum atomic E-state index is -0.287. The van der Waals surface area contributed by atoms with Crippen molar-refractivity contribution in [3.8, 4) is 5.75 Å². The van der Waals surface area contributed by atoms with Crippen LogP contribution in [-0.2, 0) is 4.79 Å². The van der Waals surface area contributed by atoms with Crippen molar-refractivity contribution in [2.75, 3.05) is 24.5 Å². The summed E-state index contributed by atoms with van der Waals surface area (Å²) in [7, 11) is 0. The number of hydrogen-bond acceptors (Lipinski definition) is 7. The monoisotopic (exact) mass is 396 g/mol. The predicted molar refractivity (Wildman–Crippen MR) is 114 cm³/mol. The molecule has 29 heavy (non-hydrogen) atoms. The fourth-order valence-electron chi connectivity index (χ4n) is 3.75. The molecule has 1 fully saturated rings. The molecule has 8 heteroatoms. The highest BCUT2D eigenvalue weighted by Gasteiger charge is 2.30. The van der Waals surface area contributed by atoms with Gasteiger partial charge in [-0.1, -0.05) is 0 Å². The normalized spacial score (nSPS) is 20.5. The van der Waals surface area contributed by atoms with Crippen molar-refractivity contribution in [3.63, 3.8) is 0 Å². The lowest BCUT2D eigenvalue weighted by Gasteiger charge is -2.44. The van der Waals surface area contributed by atoms with Gasteiger partial charge in [-0.2, -0.15) is 5.01 Å². The van der Waals surface area contributed by atoms with Gasteiger partial charge in [-0.25, -0.2) is 5.12 Å². The van der Waals surface area contributed by atoms with Crippen molar-refractivity contribution in [3.05, 3.63) is 48.4 Å². The van der Waals surface area contributed by atoms with E-state index in [1.807, 2.05) is 35.7 Å². The Kier molecular flexibility index (Phi) is 4.87. The molecule has 1 unspecified atom stereocenters. The summed E-state index contributed by atoms with van der Waals surface area (Å²) in [5, 5.41) is 18.2. The van der Waals surface area contributed by atoms with Gasteiger partial charge >= 0.3 is 0 Å². The highest BCUT2D eigenvalue weighted by Crippen LogP contribution is 2.27. The van der Waals surface area contributed by atoms with Crippen LogP contribution >= 0.6 is 0 Å². The Morgan fingerprint density at radius 2 is 2.07 bits per heavy atom. The third kappa shape index (κ3) is 4.17. The number of fused-ring (bicyclic) bond motifs is 1. The van der Waals surface area contributed by atoms with Crippen molar-refractivity contribution in [1.29, 1.82) is 0 Å². The molecule has 154 valence electrons. The van der Waals surface area contributed by atoms with Crippen LogP contribution in [-0.4, -0.2) is 57.7 Å². The molecule has 1 aromatic heterocycles. The van der Waals surface area contributed by atoms with Crippen LogP contribution in [0, 0.1) is 0 Å². The maximum atomic E-state index is 11.9. The fourth-order valence-corrected chi connectivity index (χ4v) is 3.75. The molecule has 2 aliphatic heterocycles. The molecule has 0 saturated carbocycles. The molecular formula is C21H28N6O2. The number of anilines is 1. The van der Waals surface area contributed by atoms with Crippen molar-refractivity contribution in [1.82, 2.24) is 25.9 Å². The molecule has 1 atom stereocenters. The van der Waals surface area contributed by atoms with E-state index < -0.39 is 0 Å². The van der Waals surface area contributed by atoms with Gasteiger partial charge < -0.3 is 25.1 Å². The van der Waals surface area contributed by atoms with Gasteiger partial charge in [-0.05, 0) is 51.1 Å². The topological polar surface area (TPSA) is 86.9 Å². The van der Waals surface area contributed by atoms with Crippen LogP contribution in [0.1, 0.15) is 20.8 Å². The quantitative estimate of drug-likeness (QED) is 0.589. The second kappa shape index (κ2) is 7.36. The SMILES string of the molecule is CC(C)(C)NC1=CN(N2CCN(c3cc4cc(O)ccc4[nH]3)C(C=O)C2)NC=C1. The lowest BCUT2D eigenvalue weighted by molar-refractivity contribution is -0.112. The Labute approximate surface area is 170 Å². The number of nitrogens with one attached hydrogen (secondary N) is 3. The first-order chi connectivity index (χ1) is 13.8. The zero-order valence-corrected chi connectivity index (χ0v) is 17.0. The fraction of sp³-hybridized carbons (Fsp3) is 0.381. The molecule has 0 bridgehead atoms. The summed E-state index contributed by atoms with van der Waals surface area (Å²) in [6.45, 7) is 8.37. The molecule has 4 rings (SSSR count). The Bertz CT molecular complexity index is 958. The van der Waals surface area contributed by atoms with Crippen LogP contribution in [0.25, 0.3) is 10.9 Å². The van der Waals surface area contributed by atoms with Crippen molar-refractivity contribution in [2.45, 2.75) is 32.4 Å². The van der Waals surface area contributed by atoms with Crippen LogP contribution in [0.3, 0.4) is 0 Å². The van der Waals surface area contributed by atoms with E-state index in [0.717, 1.165) is 35.2 Å². The second-order valence-corrected chi connectivity index (χ2v) is 8.50. The summed E-state index contributed by atoms with van der Waals surface area (Å²) in [6, 6.07) is 6.92. The maximum absolute atomic E-state index is 11.9. The Hall–Kier alpha value is -3.13. The number of aldehydes is 1. The molecule has 4 N–H and O–H groups in total. The summed E-state index contributed by atoms with van der Waals surface area (Å²) in [6.07, 6.45) is 6.89. The average Bonchev–Trinajstić information content (AvgIpc) is 3.09. The number of aromatic amines is 1. The Balaban J connectivity index is 1.49. The van der Waals surface area contributed by atoms with Gasteiger partial charge in [0, 0.05) is 42.3 Å². The number of nitrogens with zero attached hydrogens (tertiary/aromatic N) is 3. The zero-order chi connectivity index (χ0) is 20.6. The van der Waals surface area contributed by atoms with Gasteiger partial charge in [0.1, 0.15) is 23.9 Å². The molecule has 2 aliphatic rings. The largest absolute Gasteiger partial charge is 0.508 e. The van der Waals surface area contributed by atoms with E-state index in [0.29, 0.717) is 13.1 Å². The van der Waals surface area contributed by atoms with E-state index in [2.05, 4.69) is 46.4 Å². The first-order valence-electron chi connectivity index (χ1n) is 9.83. The van der Waals surface area contributed by atoms with Crippen molar-refractivity contribution >= 4 is 23.0 Å². The second-order valence-electron chi connectivity index (χ2n) is 8.50. The number of phenolic OH excluding ortho intramolecular Hbond substituents is 1. The van der Waals surface area contributed by atoms with Gasteiger partial charge in [0.15, 0.2) is 0 Å². The maximum Gasteiger partial charge on any atom is 0.143 e. The first kappa shape index (κ1) is 19.2. The summed E-state index contributed by atoms with van der Waals surface area (Å²) in [5.41, 5.74) is 5.14. The van der Waals surface area contributed by atoms with E-state index in [-0.39, 0.29) is 17.3 Å². The number of aromatic hydroxyl groups is 1. The molecule has 2 aromatic rings. The van der Waals surface area contributed by atoms with E-state index in [4.69, 9.17) is 0 Å². The number of rotatable bonds is 4. The number of carbonyl (C=O) groups excluding carboxylic acids is 1. The van der Waals surface area contributed by atoms with Gasteiger partial charge in [-0.15, -0.1) is 0 Å². The molecule has 0 spiro atoms. The summed E-state index contributed by atoms with van der Waals surface area (Å²) in [5.74, 6) is 1.12. The summed E-state index contributed by atoms with van der Waals surface area (Å²) >= 11 is 0. The molecular weight excluding hydrogens is 368 g/mol. The van der Waals surface area contributed by atoms with E-state index >= 15 is 0 Å². The Morgan fingerprint density at radius 3 is 2.83 bits per heavy atom. The molecule has 1 aromatic carbocycles. The Morgan fingerprint density at radius 1 is 1.24 bits per heavy atom. The number of benzene rings is 1. The van der Waals surface area contributed by atoms with Crippen LogP contribution in [0.5, 0.6) is 5.75 Å². The van der Waals surface area contributed by atoms with E-state index in [9.17, 15) is 9.90 Å². The standard InChI is InChI=1S/C21H28N6O2/c1-21(2,3)24-16-6-7-22-27(12-16)25-8-9-26(17(13-25)14-28)20-11-15-10-18(29)4-5-19(15)23-20/h4-7,10-12,14,17,22-24,29H,8-9,13H2,1-3H3. The van der Waals surface area contributed by atoms with Crippen molar-refractivity contribution in [2.24, 2.45) is 0 Å². The van der Waals surface area contributed by atoms with Gasteiger partial charge in [0.05, 0.1) is 11.9 Å². The number of hydrogen-bond donors (Lipinski definition) is 4. The lowest BCUT2D eigenvalue weighted by atomic mass is 10.1. The first-order valence-corrected chi connectivity index (χ1v) is 9.83. The number of hydrazine groups is 2. The number of carbonyl (C=O) groups is 1. The van der Waals surface area contributed by atoms with Crippen LogP contribution < -0.4 is 15.6 Å². The number of H-pyrrole nitrogens is 1. The molecule has 0 radical (unpaired) electrons. The van der Waals surface area contributed by atoms with Gasteiger partial charge in [0.25, 0.3) is 0 Å². The molecule has 0 amide bonds. The van der Waals surface area contributed by atoms with Gasteiger partial charge in [-0.3, -0.25) is 5.43 Å². The minimum absolute atomic E-state index is 0.0345. The van der Waals surface area contributed by atoms with Crippen molar-refractivity contribution < 1.29 is 9.90 Å². The smallest absolute Gasteiger partial charge is 0.143 e. The number of aromatic nitrogens is 1.